The lowest BCUT2D eigenvalue weighted by molar-refractivity contribution is 0.616. The number of aromatic nitrogens is 2. The molecular weight excluding hydrogens is 408 g/mol. The van der Waals surface area contributed by atoms with Crippen LogP contribution in [0.25, 0.3) is 22.0 Å². The average Bonchev–Trinajstić information content (AvgIpc) is 3.34. The van der Waals surface area contributed by atoms with Gasteiger partial charge in [0.2, 0.25) is 5.95 Å². The Morgan fingerprint density at radius 1 is 0.970 bits per heavy atom. The molecule has 1 saturated heterocycles. The minimum Gasteiger partial charge on any atom is -0.354 e. The first-order valence-corrected chi connectivity index (χ1v) is 11.2. The third-order valence-corrected chi connectivity index (χ3v) is 6.23. The van der Waals surface area contributed by atoms with Gasteiger partial charge in [-0.15, -0.1) is 0 Å². The van der Waals surface area contributed by atoms with E-state index in [0.717, 1.165) is 53.0 Å². The molecule has 0 radical (unpaired) electrons. The molecule has 1 atom stereocenters. The second kappa shape index (κ2) is 8.89. The van der Waals surface area contributed by atoms with Crippen LogP contribution in [0.4, 0.5) is 17.5 Å². The zero-order valence-corrected chi connectivity index (χ0v) is 18.8. The predicted octanol–water partition coefficient (Wildman–Crippen LogP) is 5.02. The summed E-state index contributed by atoms with van der Waals surface area (Å²) in [6.07, 6.45) is 1.09. The van der Waals surface area contributed by atoms with Gasteiger partial charge in [0, 0.05) is 30.2 Å². The van der Waals surface area contributed by atoms with Crippen LogP contribution in [0.1, 0.15) is 17.5 Å². The number of rotatable bonds is 5. The second-order valence-electron chi connectivity index (χ2n) is 8.50. The fourth-order valence-corrected chi connectivity index (χ4v) is 4.28. The van der Waals surface area contributed by atoms with Gasteiger partial charge in [-0.2, -0.15) is 10.2 Å². The number of nitriles is 1. The molecule has 0 amide bonds. The van der Waals surface area contributed by atoms with E-state index >= 15 is 0 Å². The first kappa shape index (κ1) is 20.9. The Kier molecular flexibility index (Phi) is 5.64. The zero-order valence-electron chi connectivity index (χ0n) is 18.8. The van der Waals surface area contributed by atoms with Crippen LogP contribution in [0.2, 0.25) is 0 Å². The first-order chi connectivity index (χ1) is 16.1. The number of nitrogens with zero attached hydrogens (tertiary/aromatic N) is 4. The molecule has 33 heavy (non-hydrogen) atoms. The summed E-state index contributed by atoms with van der Waals surface area (Å²) in [6.45, 7) is 3.95. The van der Waals surface area contributed by atoms with Gasteiger partial charge in [-0.25, -0.2) is 4.98 Å². The highest BCUT2D eigenvalue weighted by Gasteiger charge is 2.24. The minimum absolute atomic E-state index is 0.460. The molecule has 5 rings (SSSR count). The summed E-state index contributed by atoms with van der Waals surface area (Å²) in [5.74, 6) is 1.55. The molecule has 0 aliphatic carbocycles. The Bertz CT molecular complexity index is 1320. The van der Waals surface area contributed by atoms with Gasteiger partial charge in [-0.1, -0.05) is 35.9 Å². The summed E-state index contributed by atoms with van der Waals surface area (Å²) in [6, 6.07) is 24.8. The normalized spacial score (nSPS) is 15.5. The van der Waals surface area contributed by atoms with Gasteiger partial charge in [0.25, 0.3) is 0 Å². The smallest absolute Gasteiger partial charge is 0.229 e. The lowest BCUT2D eigenvalue weighted by Crippen LogP contribution is -2.30. The van der Waals surface area contributed by atoms with Crippen molar-refractivity contribution in [2.24, 2.45) is 0 Å². The molecule has 2 heterocycles. The standard InChI is InChI=1S/C27H26N6/c1-18-3-10-22(11-4-18)30-27-31-25-15-21(20-7-5-19(16-28)6-8-20)9-12-24(25)26(32-27)33-14-13-23(17-33)29-2/h3-12,15,23,29H,13-14,17H2,1-2H3,(H,30,31,32)/t23-/m0/s1. The average molecular weight is 435 g/mol. The van der Waals surface area contributed by atoms with Crippen molar-refractivity contribution in [1.29, 1.82) is 5.26 Å². The number of nitrogens with one attached hydrogen (secondary N) is 2. The van der Waals surface area contributed by atoms with Crippen LogP contribution in [-0.2, 0) is 0 Å². The van der Waals surface area contributed by atoms with Crippen LogP contribution in [0, 0.1) is 18.3 Å². The zero-order chi connectivity index (χ0) is 22.8. The van der Waals surface area contributed by atoms with Gasteiger partial charge < -0.3 is 15.5 Å². The number of fused-ring (bicyclic) bond motifs is 1. The molecule has 2 N–H and O–H groups in total. The maximum Gasteiger partial charge on any atom is 0.229 e. The monoisotopic (exact) mass is 434 g/mol. The van der Waals surface area contributed by atoms with Gasteiger partial charge in [0.15, 0.2) is 0 Å². The van der Waals surface area contributed by atoms with E-state index in [1.807, 2.05) is 43.4 Å². The van der Waals surface area contributed by atoms with Crippen molar-refractivity contribution in [2.75, 3.05) is 30.4 Å². The van der Waals surface area contributed by atoms with Gasteiger partial charge in [-0.3, -0.25) is 0 Å². The van der Waals surface area contributed by atoms with E-state index in [2.05, 4.69) is 58.9 Å². The maximum atomic E-state index is 9.10. The fraction of sp³-hybridized carbons (Fsp3) is 0.222. The van der Waals surface area contributed by atoms with Crippen molar-refractivity contribution in [1.82, 2.24) is 15.3 Å². The van der Waals surface area contributed by atoms with Crippen molar-refractivity contribution in [3.63, 3.8) is 0 Å². The van der Waals surface area contributed by atoms with Crippen LogP contribution >= 0.6 is 0 Å². The molecular formula is C27H26N6. The number of likely N-dealkylation sites (N-methyl/N-ethyl adjacent to an activating group) is 1. The quantitative estimate of drug-likeness (QED) is 0.459. The van der Waals surface area contributed by atoms with Crippen molar-refractivity contribution in [2.45, 2.75) is 19.4 Å². The molecule has 0 spiro atoms. The summed E-state index contributed by atoms with van der Waals surface area (Å²) in [7, 11) is 2.01. The topological polar surface area (TPSA) is 76.9 Å². The molecule has 6 nitrogen and oxygen atoms in total. The van der Waals surface area contributed by atoms with E-state index in [1.54, 1.807) is 0 Å². The van der Waals surface area contributed by atoms with E-state index in [9.17, 15) is 0 Å². The summed E-state index contributed by atoms with van der Waals surface area (Å²) in [5.41, 5.74) is 5.84. The Hall–Kier alpha value is -3.95. The molecule has 6 heteroatoms. The Balaban J connectivity index is 1.58. The highest BCUT2D eigenvalue weighted by atomic mass is 15.3. The minimum atomic E-state index is 0.460. The van der Waals surface area contributed by atoms with Crippen molar-refractivity contribution in [3.8, 4) is 17.2 Å². The lowest BCUT2D eigenvalue weighted by Gasteiger charge is -2.21. The molecule has 0 bridgehead atoms. The molecule has 1 aliphatic rings. The summed E-state index contributed by atoms with van der Waals surface area (Å²) >= 11 is 0. The first-order valence-electron chi connectivity index (χ1n) is 11.2. The highest BCUT2D eigenvalue weighted by Crippen LogP contribution is 2.32. The van der Waals surface area contributed by atoms with E-state index in [0.29, 0.717) is 17.6 Å². The molecule has 1 aromatic heterocycles. The number of hydrogen-bond acceptors (Lipinski definition) is 6. The molecule has 0 saturated carbocycles. The fourth-order valence-electron chi connectivity index (χ4n) is 4.28. The van der Waals surface area contributed by atoms with E-state index in [4.69, 9.17) is 15.2 Å². The lowest BCUT2D eigenvalue weighted by atomic mass is 10.0. The van der Waals surface area contributed by atoms with Crippen LogP contribution in [0.5, 0.6) is 0 Å². The van der Waals surface area contributed by atoms with Crippen LogP contribution in [0.3, 0.4) is 0 Å². The largest absolute Gasteiger partial charge is 0.354 e. The SMILES string of the molecule is CN[C@H]1CCN(c2nc(Nc3ccc(C)cc3)nc3cc(-c4ccc(C#N)cc4)ccc23)C1. The Morgan fingerprint density at radius 3 is 2.42 bits per heavy atom. The summed E-state index contributed by atoms with van der Waals surface area (Å²) in [5, 5.41) is 16.9. The van der Waals surface area contributed by atoms with Crippen molar-refractivity contribution >= 4 is 28.4 Å². The van der Waals surface area contributed by atoms with Gasteiger partial charge in [0.1, 0.15) is 5.82 Å². The maximum absolute atomic E-state index is 9.10. The third kappa shape index (κ3) is 4.36. The van der Waals surface area contributed by atoms with Crippen LogP contribution in [-0.4, -0.2) is 36.1 Å². The third-order valence-electron chi connectivity index (χ3n) is 6.23. The highest BCUT2D eigenvalue weighted by molar-refractivity contribution is 5.93. The second-order valence-corrected chi connectivity index (χ2v) is 8.50. The van der Waals surface area contributed by atoms with Gasteiger partial charge in [-0.05, 0) is 67.9 Å². The molecule has 3 aromatic carbocycles. The molecule has 1 aliphatic heterocycles. The molecule has 4 aromatic rings. The van der Waals surface area contributed by atoms with E-state index < -0.39 is 0 Å². The van der Waals surface area contributed by atoms with E-state index in [1.165, 1.54) is 5.56 Å². The molecule has 0 unspecified atom stereocenters. The number of benzene rings is 3. The predicted molar refractivity (Wildman–Crippen MR) is 134 cm³/mol. The molecule has 1 fully saturated rings. The van der Waals surface area contributed by atoms with E-state index in [-0.39, 0.29) is 0 Å². The van der Waals surface area contributed by atoms with Crippen LogP contribution < -0.4 is 15.5 Å². The molecule has 164 valence electrons. The Morgan fingerprint density at radius 2 is 1.73 bits per heavy atom. The Labute approximate surface area is 193 Å². The van der Waals surface area contributed by atoms with Crippen molar-refractivity contribution < 1.29 is 0 Å². The van der Waals surface area contributed by atoms with Gasteiger partial charge in [0.05, 0.1) is 17.1 Å². The summed E-state index contributed by atoms with van der Waals surface area (Å²) < 4.78 is 0. The number of anilines is 3. The van der Waals surface area contributed by atoms with Gasteiger partial charge >= 0.3 is 0 Å². The summed E-state index contributed by atoms with van der Waals surface area (Å²) in [4.78, 5) is 12.1. The number of hydrogen-bond donors (Lipinski definition) is 2. The van der Waals surface area contributed by atoms with Crippen molar-refractivity contribution in [3.05, 3.63) is 77.9 Å². The van der Waals surface area contributed by atoms with Crippen LogP contribution in [0.15, 0.2) is 66.7 Å². The number of aryl methyl sites for hydroxylation is 1.